The van der Waals surface area contributed by atoms with Crippen molar-refractivity contribution in [1.29, 1.82) is 0 Å². The molecule has 7 nitrogen and oxygen atoms in total. The lowest BCUT2D eigenvalue weighted by Crippen LogP contribution is -2.24. The Morgan fingerprint density at radius 3 is 2.52 bits per heavy atom. The van der Waals surface area contributed by atoms with Gasteiger partial charge in [0, 0.05) is 13.1 Å². The van der Waals surface area contributed by atoms with E-state index in [1.54, 1.807) is 25.3 Å². The Balaban J connectivity index is 1.92. The predicted molar refractivity (Wildman–Crippen MR) is 104 cm³/mol. The van der Waals surface area contributed by atoms with Crippen LogP contribution in [-0.4, -0.2) is 39.0 Å². The highest BCUT2D eigenvalue weighted by molar-refractivity contribution is 7.88. The maximum Gasteiger partial charge on any atom is 0.244 e. The van der Waals surface area contributed by atoms with E-state index in [1.165, 1.54) is 17.4 Å². The van der Waals surface area contributed by atoms with Crippen molar-refractivity contribution in [3.63, 3.8) is 0 Å². The fourth-order valence-corrected chi connectivity index (χ4v) is 2.66. The largest absolute Gasteiger partial charge is 0.497 e. The molecule has 0 bridgehead atoms. The van der Waals surface area contributed by atoms with Gasteiger partial charge in [-0.15, -0.1) is 0 Å². The van der Waals surface area contributed by atoms with Crippen molar-refractivity contribution in [2.75, 3.05) is 20.4 Å². The number of sulfonamides is 1. The van der Waals surface area contributed by atoms with Crippen molar-refractivity contribution in [3.8, 4) is 5.75 Å². The molecule has 0 saturated carbocycles. The third kappa shape index (κ3) is 6.26. The molecule has 1 heterocycles. The Morgan fingerprint density at radius 1 is 1.26 bits per heavy atom. The van der Waals surface area contributed by atoms with Crippen molar-refractivity contribution < 1.29 is 22.4 Å². The van der Waals surface area contributed by atoms with Crippen LogP contribution in [0.3, 0.4) is 0 Å². The van der Waals surface area contributed by atoms with Gasteiger partial charge in [-0.1, -0.05) is 12.1 Å². The van der Waals surface area contributed by atoms with Crippen LogP contribution in [0.15, 0.2) is 46.9 Å². The number of furan rings is 1. The molecule has 27 heavy (non-hydrogen) atoms. The van der Waals surface area contributed by atoms with Crippen LogP contribution in [-0.2, 0) is 21.4 Å². The summed E-state index contributed by atoms with van der Waals surface area (Å²) in [5.74, 6) is 1.46. The minimum Gasteiger partial charge on any atom is -0.497 e. The van der Waals surface area contributed by atoms with Gasteiger partial charge in [0.05, 0.1) is 26.0 Å². The lowest BCUT2D eigenvalue weighted by Gasteiger charge is -2.13. The van der Waals surface area contributed by atoms with E-state index in [1.807, 2.05) is 31.2 Å². The van der Waals surface area contributed by atoms with Crippen LogP contribution in [0.4, 0.5) is 0 Å². The van der Waals surface area contributed by atoms with Gasteiger partial charge in [-0.3, -0.25) is 4.79 Å². The molecule has 1 N–H and O–H groups in total. The Hall–Kier alpha value is -2.58. The molecule has 0 saturated heterocycles. The molecule has 0 aliphatic rings. The number of hydrogen-bond acceptors (Lipinski definition) is 5. The number of hydrogen-bond donors (Lipinski definition) is 1. The zero-order valence-corrected chi connectivity index (χ0v) is 16.6. The first-order chi connectivity index (χ1) is 12.7. The van der Waals surface area contributed by atoms with E-state index in [0.29, 0.717) is 11.5 Å². The third-order valence-corrected chi connectivity index (χ3v) is 5.26. The second-order valence-corrected chi connectivity index (χ2v) is 8.25. The summed E-state index contributed by atoms with van der Waals surface area (Å²) >= 11 is 0. The monoisotopic (exact) mass is 392 g/mol. The summed E-state index contributed by atoms with van der Waals surface area (Å²) in [7, 11) is -0.203. The summed E-state index contributed by atoms with van der Waals surface area (Å²) in [6.07, 6.45) is 4.05. The van der Waals surface area contributed by atoms with Crippen LogP contribution in [0, 0.1) is 0 Å². The average Bonchev–Trinajstić information content (AvgIpc) is 3.06. The highest BCUT2D eigenvalue weighted by Gasteiger charge is 2.13. The first kappa shape index (κ1) is 20.7. The number of methoxy groups -OCH3 is 1. The molecule has 1 aromatic carbocycles. The normalized spacial score (nSPS) is 13.1. The average molecular weight is 392 g/mol. The van der Waals surface area contributed by atoms with Crippen LogP contribution in [0.5, 0.6) is 5.75 Å². The number of ether oxygens (including phenoxy) is 1. The topological polar surface area (TPSA) is 88.9 Å². The maximum atomic E-state index is 12.1. The van der Waals surface area contributed by atoms with Gasteiger partial charge in [0.2, 0.25) is 15.9 Å². The molecule has 0 aliphatic heterocycles. The summed E-state index contributed by atoms with van der Waals surface area (Å²) in [6, 6.07) is 10.7. The number of carbonyl (C=O) groups is 1. The van der Waals surface area contributed by atoms with Crippen molar-refractivity contribution in [1.82, 2.24) is 9.62 Å². The van der Waals surface area contributed by atoms with Gasteiger partial charge in [0.15, 0.2) is 0 Å². The molecule has 0 fully saturated rings. The molecular weight excluding hydrogens is 368 g/mol. The zero-order valence-electron chi connectivity index (χ0n) is 15.8. The van der Waals surface area contributed by atoms with E-state index in [-0.39, 0.29) is 18.5 Å². The molecule has 0 spiro atoms. The van der Waals surface area contributed by atoms with Crippen molar-refractivity contribution in [2.45, 2.75) is 19.5 Å². The number of rotatable bonds is 8. The number of carbonyl (C=O) groups excluding carboxylic acids is 1. The summed E-state index contributed by atoms with van der Waals surface area (Å²) in [5.41, 5.74) is 0.960. The van der Waals surface area contributed by atoms with E-state index in [9.17, 15) is 13.2 Å². The molecule has 1 aromatic heterocycles. The van der Waals surface area contributed by atoms with Gasteiger partial charge in [0.25, 0.3) is 0 Å². The molecule has 0 aliphatic carbocycles. The van der Waals surface area contributed by atoms with Gasteiger partial charge >= 0.3 is 0 Å². The van der Waals surface area contributed by atoms with E-state index >= 15 is 0 Å². The molecular formula is C19H24N2O5S. The quantitative estimate of drug-likeness (QED) is 0.698. The number of nitrogens with one attached hydrogen (secondary N) is 1. The van der Waals surface area contributed by atoms with E-state index in [2.05, 4.69) is 5.32 Å². The lowest BCUT2D eigenvalue weighted by molar-refractivity contribution is -0.117. The smallest absolute Gasteiger partial charge is 0.244 e. The predicted octanol–water partition coefficient (Wildman–Crippen LogP) is 2.57. The van der Waals surface area contributed by atoms with Crippen LogP contribution in [0.1, 0.15) is 30.0 Å². The molecule has 8 heteroatoms. The minimum absolute atomic E-state index is 0.132. The van der Waals surface area contributed by atoms with Crippen molar-refractivity contribution >= 4 is 22.0 Å². The Morgan fingerprint density at radius 2 is 1.93 bits per heavy atom. The molecule has 0 unspecified atom stereocenters. The standard InChI is InChI=1S/C19H24N2O5S/c1-14(15-5-7-16(25-3)8-6-15)20-19(22)12-11-17-9-10-18(26-17)13-21(2)27(4,23)24/h5-12,14H,13H2,1-4H3,(H,20,22)/b12-11+/t14-/m0/s1. The van der Waals surface area contributed by atoms with Crippen molar-refractivity contribution in [2.24, 2.45) is 0 Å². The summed E-state index contributed by atoms with van der Waals surface area (Å²) in [5, 5.41) is 2.87. The second-order valence-electron chi connectivity index (χ2n) is 6.16. The first-order valence-electron chi connectivity index (χ1n) is 8.31. The molecule has 146 valence electrons. The zero-order chi connectivity index (χ0) is 20.0. The molecule has 0 radical (unpaired) electrons. The van der Waals surface area contributed by atoms with Gasteiger partial charge in [-0.2, -0.15) is 4.31 Å². The highest BCUT2D eigenvalue weighted by atomic mass is 32.2. The van der Waals surface area contributed by atoms with Crippen LogP contribution in [0.25, 0.3) is 6.08 Å². The lowest BCUT2D eigenvalue weighted by atomic mass is 10.1. The van der Waals surface area contributed by atoms with E-state index < -0.39 is 10.0 Å². The Kier molecular flexibility index (Phi) is 6.81. The first-order valence-corrected chi connectivity index (χ1v) is 10.2. The molecule has 2 aromatic rings. The van der Waals surface area contributed by atoms with Gasteiger partial charge in [-0.25, -0.2) is 8.42 Å². The fourth-order valence-electron chi connectivity index (χ4n) is 2.30. The molecule has 2 rings (SSSR count). The Bertz CT molecular complexity index is 900. The Labute approximate surface area is 159 Å². The number of amides is 1. The molecule has 1 amide bonds. The summed E-state index contributed by atoms with van der Waals surface area (Å²) in [4.78, 5) is 12.1. The number of nitrogens with zero attached hydrogens (tertiary/aromatic N) is 1. The SMILES string of the molecule is COc1ccc([C@H](C)NC(=O)/C=C/c2ccc(CN(C)S(C)(=O)=O)o2)cc1. The highest BCUT2D eigenvalue weighted by Crippen LogP contribution is 2.17. The van der Waals surface area contributed by atoms with Crippen LogP contribution >= 0.6 is 0 Å². The van der Waals surface area contributed by atoms with Crippen molar-refractivity contribution in [3.05, 3.63) is 59.6 Å². The fraction of sp³-hybridized carbons (Fsp3) is 0.316. The minimum atomic E-state index is -3.28. The van der Waals surface area contributed by atoms with E-state index in [0.717, 1.165) is 17.6 Å². The summed E-state index contributed by atoms with van der Waals surface area (Å²) < 4.78 is 34.7. The maximum absolute atomic E-state index is 12.1. The van der Waals surface area contributed by atoms with Crippen LogP contribution < -0.4 is 10.1 Å². The van der Waals surface area contributed by atoms with Gasteiger partial charge < -0.3 is 14.5 Å². The molecule has 1 atom stereocenters. The van der Waals surface area contributed by atoms with E-state index in [4.69, 9.17) is 9.15 Å². The third-order valence-electron chi connectivity index (χ3n) is 4.00. The summed E-state index contributed by atoms with van der Waals surface area (Å²) in [6.45, 7) is 2.02. The second kappa shape index (κ2) is 8.88. The van der Waals surface area contributed by atoms with Crippen LogP contribution in [0.2, 0.25) is 0 Å². The van der Waals surface area contributed by atoms with Gasteiger partial charge in [0.1, 0.15) is 17.3 Å². The van der Waals surface area contributed by atoms with Gasteiger partial charge in [-0.05, 0) is 42.8 Å². The number of benzene rings is 1.